The molecule has 6 atom stereocenters. The molecule has 3 fully saturated rings. The Morgan fingerprint density at radius 1 is 1.43 bits per heavy atom. The van der Waals surface area contributed by atoms with Crippen LogP contribution < -0.4 is 0 Å². The summed E-state index contributed by atoms with van der Waals surface area (Å²) in [6.45, 7) is 0. The third-order valence-electron chi connectivity index (χ3n) is 4.54. The first-order valence-corrected chi connectivity index (χ1v) is 4.87. The molecular weight excluding hydrogens is 181 g/mol. The molecule has 2 aliphatic carbocycles. The summed E-state index contributed by atoms with van der Waals surface area (Å²) in [6.07, 6.45) is -1.23. The van der Waals surface area contributed by atoms with Crippen molar-refractivity contribution in [2.75, 3.05) is 7.05 Å². The molecule has 1 spiro atoms. The van der Waals surface area contributed by atoms with E-state index in [0.717, 1.165) is 5.76 Å². The number of aliphatic hydroxyl groups is 2. The van der Waals surface area contributed by atoms with Gasteiger partial charge in [-0.3, -0.25) is 4.90 Å². The van der Waals surface area contributed by atoms with Gasteiger partial charge in [-0.1, -0.05) is 5.47 Å². The fourth-order valence-electron chi connectivity index (χ4n) is 3.96. The lowest BCUT2D eigenvalue weighted by atomic mass is 9.72. The molecule has 4 aliphatic rings. The number of aliphatic hydroxyl groups excluding tert-OH is 2. The Kier molecular flexibility index (Phi) is 0.979. The summed E-state index contributed by atoms with van der Waals surface area (Å²) in [5.74, 6) is 1.07. The second kappa shape index (κ2) is 1.77. The first-order chi connectivity index (χ1) is 6.61. The highest BCUT2D eigenvalue weighted by Gasteiger charge is 2.88. The van der Waals surface area contributed by atoms with E-state index >= 15 is 0 Å². The fourth-order valence-corrected chi connectivity index (χ4v) is 3.96. The van der Waals surface area contributed by atoms with Gasteiger partial charge in [0.2, 0.25) is 6.29 Å². The van der Waals surface area contributed by atoms with Gasteiger partial charge in [-0.2, -0.15) is 0 Å². The van der Waals surface area contributed by atoms with E-state index in [4.69, 9.17) is 12.6 Å². The molecule has 2 radical (unpaired) electrons. The van der Waals surface area contributed by atoms with Crippen LogP contribution in [0.25, 0.3) is 0 Å². The summed E-state index contributed by atoms with van der Waals surface area (Å²) >= 11 is 0. The molecule has 1 saturated carbocycles. The summed E-state index contributed by atoms with van der Waals surface area (Å²) in [6, 6.07) is 0. The third kappa shape index (κ3) is 0.441. The number of likely N-dealkylation sites (tertiary alicyclic amines) is 1. The summed E-state index contributed by atoms with van der Waals surface area (Å²) in [4.78, 5) is 1.92. The van der Waals surface area contributed by atoms with Crippen molar-refractivity contribution in [2.45, 2.75) is 18.1 Å². The van der Waals surface area contributed by atoms with Crippen LogP contribution in [0.2, 0.25) is 0 Å². The fraction of sp³-hybridized carbons (Fsp3) is 0.778. The van der Waals surface area contributed by atoms with Crippen molar-refractivity contribution in [1.82, 2.24) is 4.90 Å². The van der Waals surface area contributed by atoms with Gasteiger partial charge in [0.15, 0.2) is 0 Å². The van der Waals surface area contributed by atoms with Crippen LogP contribution in [-0.4, -0.2) is 48.1 Å². The van der Waals surface area contributed by atoms with Crippen molar-refractivity contribution in [3.8, 4) is 0 Å². The zero-order valence-electron chi connectivity index (χ0n) is 7.71. The largest absolute Gasteiger partial charge is 0.470 e. The molecule has 5 heteroatoms. The van der Waals surface area contributed by atoms with Crippen molar-refractivity contribution >= 4 is 7.85 Å². The smallest absolute Gasteiger partial charge is 0.202 e. The maximum absolute atomic E-state index is 9.77. The van der Waals surface area contributed by atoms with E-state index in [-0.39, 0.29) is 23.3 Å². The predicted octanol–water partition coefficient (Wildman–Crippen LogP) is -1.41. The molecule has 2 saturated heterocycles. The Labute approximate surface area is 82.6 Å². The van der Waals surface area contributed by atoms with Crippen LogP contribution in [0, 0.1) is 17.8 Å². The number of nitrogens with zero attached hydrogens (tertiary/aromatic N) is 1. The Hall–Kier alpha value is -0.515. The van der Waals surface area contributed by atoms with Gasteiger partial charge < -0.3 is 14.9 Å². The highest BCUT2D eigenvalue weighted by molar-refractivity contribution is 6.23. The van der Waals surface area contributed by atoms with Gasteiger partial charge in [-0.15, -0.1) is 0 Å². The third-order valence-corrected chi connectivity index (χ3v) is 4.54. The maximum atomic E-state index is 9.77. The molecule has 0 aromatic heterocycles. The van der Waals surface area contributed by atoms with E-state index in [1.165, 1.54) is 0 Å². The maximum Gasteiger partial charge on any atom is 0.202 e. The van der Waals surface area contributed by atoms with E-state index in [1.54, 1.807) is 0 Å². The van der Waals surface area contributed by atoms with Gasteiger partial charge in [0.25, 0.3) is 0 Å². The number of ether oxygens (including phenoxy) is 1. The summed E-state index contributed by atoms with van der Waals surface area (Å²) in [5.41, 5.74) is 0.546. The predicted molar refractivity (Wildman–Crippen MR) is 46.8 cm³/mol. The molecule has 6 unspecified atom stereocenters. The summed E-state index contributed by atoms with van der Waals surface area (Å²) < 4.78 is 5.27. The summed E-state index contributed by atoms with van der Waals surface area (Å²) in [5, 5.41) is 19.4. The standard InChI is InChI=1S/C9H10BNO3/c1-11-7(12)4-5(10)6-2-3(8(13)14-6)9(2,4)11/h2-4,7-8,12-13H,1H3. The zero-order chi connectivity index (χ0) is 9.83. The number of rotatable bonds is 0. The lowest BCUT2D eigenvalue weighted by Gasteiger charge is -2.52. The second-order valence-corrected chi connectivity index (χ2v) is 4.72. The Balaban J connectivity index is 1.89. The lowest BCUT2D eigenvalue weighted by molar-refractivity contribution is -0.183. The molecule has 0 amide bonds. The topological polar surface area (TPSA) is 52.9 Å². The number of hydrogen-bond acceptors (Lipinski definition) is 4. The second-order valence-electron chi connectivity index (χ2n) is 4.72. The van der Waals surface area contributed by atoms with Crippen molar-refractivity contribution in [3.63, 3.8) is 0 Å². The van der Waals surface area contributed by atoms with Gasteiger partial charge >= 0.3 is 0 Å². The first-order valence-electron chi connectivity index (χ1n) is 4.87. The lowest BCUT2D eigenvalue weighted by Crippen LogP contribution is -2.66. The van der Waals surface area contributed by atoms with Gasteiger partial charge in [0.05, 0.1) is 17.2 Å². The van der Waals surface area contributed by atoms with Gasteiger partial charge in [0, 0.05) is 11.8 Å². The van der Waals surface area contributed by atoms with E-state index < -0.39 is 12.5 Å². The van der Waals surface area contributed by atoms with E-state index in [1.807, 2.05) is 11.9 Å². The highest BCUT2D eigenvalue weighted by Crippen LogP contribution is 2.78. The average Bonchev–Trinajstić information content (AvgIpc) is 2.68. The van der Waals surface area contributed by atoms with Crippen LogP contribution in [-0.2, 0) is 4.74 Å². The van der Waals surface area contributed by atoms with Crippen molar-refractivity contribution in [3.05, 3.63) is 11.2 Å². The molecule has 4 rings (SSSR count). The van der Waals surface area contributed by atoms with E-state index in [9.17, 15) is 10.2 Å². The minimum absolute atomic E-state index is 0.0188. The molecule has 2 N–H and O–H groups in total. The monoisotopic (exact) mass is 191 g/mol. The molecule has 2 heterocycles. The van der Waals surface area contributed by atoms with Crippen LogP contribution >= 0.6 is 0 Å². The van der Waals surface area contributed by atoms with Gasteiger partial charge in [-0.05, 0) is 7.05 Å². The summed E-state index contributed by atoms with van der Waals surface area (Å²) in [7, 11) is 7.77. The molecule has 4 nitrogen and oxygen atoms in total. The average molecular weight is 191 g/mol. The Morgan fingerprint density at radius 3 is 2.86 bits per heavy atom. The molecule has 72 valence electrons. The molecule has 0 bridgehead atoms. The minimum Gasteiger partial charge on any atom is -0.470 e. The normalized spacial score (nSPS) is 63.2. The van der Waals surface area contributed by atoms with Crippen LogP contribution in [0.4, 0.5) is 0 Å². The first kappa shape index (κ1) is 7.73. The Bertz CT molecular complexity index is 384. The van der Waals surface area contributed by atoms with Crippen molar-refractivity contribution in [2.24, 2.45) is 17.8 Å². The zero-order valence-corrected chi connectivity index (χ0v) is 7.71. The minimum atomic E-state index is -0.728. The molecule has 0 aromatic rings. The van der Waals surface area contributed by atoms with Gasteiger partial charge in [-0.25, -0.2) is 0 Å². The molecule has 14 heavy (non-hydrogen) atoms. The van der Waals surface area contributed by atoms with E-state index in [0.29, 0.717) is 5.47 Å². The van der Waals surface area contributed by atoms with Crippen LogP contribution in [0.1, 0.15) is 0 Å². The quantitative estimate of drug-likeness (QED) is 0.462. The van der Waals surface area contributed by atoms with Crippen LogP contribution in [0.15, 0.2) is 11.2 Å². The highest BCUT2D eigenvalue weighted by atomic mass is 16.6. The van der Waals surface area contributed by atoms with Crippen molar-refractivity contribution in [1.29, 1.82) is 0 Å². The van der Waals surface area contributed by atoms with Crippen molar-refractivity contribution < 1.29 is 14.9 Å². The SMILES string of the molecule is [B]C1=C2OC(O)C3C2C32C1C(O)N2C. The van der Waals surface area contributed by atoms with Gasteiger partial charge in [0.1, 0.15) is 14.1 Å². The molecular formula is C9H10BNO3. The Morgan fingerprint density at radius 2 is 2.14 bits per heavy atom. The molecule has 0 aromatic carbocycles. The van der Waals surface area contributed by atoms with Crippen LogP contribution in [0.3, 0.4) is 0 Å². The van der Waals surface area contributed by atoms with E-state index in [2.05, 4.69) is 0 Å². The number of hydrogen-bond donors (Lipinski definition) is 2. The molecule has 2 aliphatic heterocycles. The van der Waals surface area contributed by atoms with Crippen LogP contribution in [0.5, 0.6) is 0 Å².